The van der Waals surface area contributed by atoms with Gasteiger partial charge in [0.25, 0.3) is 0 Å². The number of halogens is 1. The number of para-hydroxylation sites is 1. The highest BCUT2D eigenvalue weighted by Crippen LogP contribution is 2.32. The van der Waals surface area contributed by atoms with Crippen LogP contribution in [-0.4, -0.2) is 42.5 Å². The Morgan fingerprint density at radius 2 is 1.72 bits per heavy atom. The minimum absolute atomic E-state index is 0.0786. The number of nitrogens with one attached hydrogen (secondary N) is 2. The number of carbonyl (C=O) groups excluding carboxylic acids is 2. The van der Waals surface area contributed by atoms with Crippen LogP contribution in [-0.2, 0) is 32.0 Å². The van der Waals surface area contributed by atoms with E-state index >= 15 is 4.39 Å². The summed E-state index contributed by atoms with van der Waals surface area (Å²) in [5.41, 5.74) is 2.46. The van der Waals surface area contributed by atoms with Crippen molar-refractivity contribution in [1.29, 1.82) is 0 Å². The molecule has 2 atom stereocenters. The second-order valence-electron chi connectivity index (χ2n) is 13.7. The van der Waals surface area contributed by atoms with Crippen LogP contribution in [0.1, 0.15) is 84.0 Å². The Balaban J connectivity index is 1.59. The molecule has 1 aliphatic heterocycles. The summed E-state index contributed by atoms with van der Waals surface area (Å²) >= 11 is 0. The summed E-state index contributed by atoms with van der Waals surface area (Å²) in [6.07, 6.45) is 1.59. The van der Waals surface area contributed by atoms with Crippen LogP contribution in [0.15, 0.2) is 60.7 Å². The van der Waals surface area contributed by atoms with Crippen molar-refractivity contribution in [1.82, 2.24) is 5.32 Å². The first kappa shape index (κ1) is 34.8. The molecule has 3 aromatic carbocycles. The van der Waals surface area contributed by atoms with Gasteiger partial charge in [0.15, 0.2) is 0 Å². The van der Waals surface area contributed by atoms with Crippen LogP contribution in [0.25, 0.3) is 11.1 Å². The van der Waals surface area contributed by atoms with E-state index in [4.69, 9.17) is 18.9 Å². The van der Waals surface area contributed by atoms with Crippen molar-refractivity contribution in [3.63, 3.8) is 0 Å². The number of carbonyl (C=O) groups is 2. The lowest BCUT2D eigenvalue weighted by atomic mass is 9.97. The summed E-state index contributed by atoms with van der Waals surface area (Å²) in [5, 5.41) is 6.20. The van der Waals surface area contributed by atoms with Gasteiger partial charge in [-0.1, -0.05) is 36.4 Å². The molecule has 1 saturated heterocycles. The Morgan fingerprint density at radius 3 is 2.41 bits per heavy atom. The monoisotopic (exact) mass is 634 g/mol. The van der Waals surface area contributed by atoms with Crippen molar-refractivity contribution in [2.45, 2.75) is 97.7 Å². The highest BCUT2D eigenvalue weighted by molar-refractivity contribution is 5.74. The van der Waals surface area contributed by atoms with E-state index in [0.717, 1.165) is 36.3 Å². The third-order valence-electron chi connectivity index (χ3n) is 7.21. The fourth-order valence-electron chi connectivity index (χ4n) is 5.22. The Labute approximate surface area is 272 Å². The molecule has 0 aromatic heterocycles. The topological polar surface area (TPSA) is 95.1 Å². The Morgan fingerprint density at radius 1 is 0.978 bits per heavy atom. The molecule has 4 rings (SSSR count). The van der Waals surface area contributed by atoms with E-state index < -0.39 is 29.2 Å². The van der Waals surface area contributed by atoms with Crippen LogP contribution < -0.4 is 15.4 Å². The molecular weight excluding hydrogens is 587 g/mol. The number of esters is 1. The average molecular weight is 635 g/mol. The maximum atomic E-state index is 16.1. The lowest BCUT2D eigenvalue weighted by Crippen LogP contribution is -2.34. The molecule has 1 fully saturated rings. The average Bonchev–Trinajstić information content (AvgIpc) is 3.47. The largest absolute Gasteiger partial charge is 0.489 e. The SMILES string of the molecule is C[C@@H](NC(=O)OC(C)(C)C)c1cccc(-c2cc(COc3ccccc3CC(=O)OC(C)(C)C)cc(NC[C@@H]3CCCO3)c2)c1F. The molecule has 0 bridgehead atoms. The lowest BCUT2D eigenvalue weighted by Gasteiger charge is -2.23. The molecule has 1 heterocycles. The molecule has 8 nitrogen and oxygen atoms in total. The van der Waals surface area contributed by atoms with Crippen molar-refractivity contribution in [2.24, 2.45) is 0 Å². The number of ether oxygens (including phenoxy) is 4. The standard InChI is InChI=1S/C37H47FN2O6/c1-24(40-35(42)46-37(5,6)7)30-14-10-15-31(34(30)38)27-18-25(19-28(20-27)39-22-29-13-11-17-43-29)23-44-32-16-9-8-12-26(32)21-33(41)45-36(2,3)4/h8-10,12,14-16,18-20,24,29,39H,11,13,17,21-23H2,1-7H3,(H,40,42)/t24-,29+/m1/s1. The van der Waals surface area contributed by atoms with Crippen LogP contribution in [0.5, 0.6) is 5.75 Å². The molecule has 1 aliphatic rings. The van der Waals surface area contributed by atoms with E-state index in [9.17, 15) is 9.59 Å². The van der Waals surface area contributed by atoms with E-state index in [0.29, 0.717) is 29.0 Å². The zero-order valence-electron chi connectivity index (χ0n) is 28.0. The van der Waals surface area contributed by atoms with Crippen LogP contribution >= 0.6 is 0 Å². The smallest absolute Gasteiger partial charge is 0.408 e. The van der Waals surface area contributed by atoms with Crippen LogP contribution in [0.4, 0.5) is 14.9 Å². The maximum absolute atomic E-state index is 16.1. The van der Waals surface area contributed by atoms with Gasteiger partial charge in [0.05, 0.1) is 18.6 Å². The summed E-state index contributed by atoms with van der Waals surface area (Å²) in [7, 11) is 0. The van der Waals surface area contributed by atoms with Gasteiger partial charge in [0.1, 0.15) is 29.4 Å². The summed E-state index contributed by atoms with van der Waals surface area (Å²) < 4.78 is 39.0. The summed E-state index contributed by atoms with van der Waals surface area (Å²) in [6, 6.07) is 17.7. The number of hydrogen-bond acceptors (Lipinski definition) is 7. The number of hydrogen-bond donors (Lipinski definition) is 2. The molecule has 0 aliphatic carbocycles. The second-order valence-corrected chi connectivity index (χ2v) is 13.7. The quantitative estimate of drug-likeness (QED) is 0.206. The summed E-state index contributed by atoms with van der Waals surface area (Å²) in [5.74, 6) is -0.198. The molecular formula is C37H47FN2O6. The summed E-state index contributed by atoms with van der Waals surface area (Å²) in [6.45, 7) is 14.1. The molecule has 0 unspecified atom stereocenters. The fraction of sp³-hybridized carbons (Fsp3) is 0.459. The van der Waals surface area contributed by atoms with Gasteiger partial charge in [-0.2, -0.15) is 0 Å². The van der Waals surface area contributed by atoms with Crippen LogP contribution in [0.3, 0.4) is 0 Å². The molecule has 248 valence electrons. The maximum Gasteiger partial charge on any atom is 0.408 e. The van der Waals surface area contributed by atoms with Gasteiger partial charge in [-0.25, -0.2) is 9.18 Å². The molecule has 46 heavy (non-hydrogen) atoms. The lowest BCUT2D eigenvalue weighted by molar-refractivity contribution is -0.153. The van der Waals surface area contributed by atoms with E-state index in [2.05, 4.69) is 10.6 Å². The van der Waals surface area contributed by atoms with E-state index in [1.807, 2.05) is 63.2 Å². The molecule has 9 heteroatoms. The molecule has 3 aromatic rings. The third-order valence-corrected chi connectivity index (χ3v) is 7.21. The molecule has 2 N–H and O–H groups in total. The van der Waals surface area contributed by atoms with E-state index in [1.165, 1.54) is 0 Å². The number of amides is 1. The zero-order chi connectivity index (χ0) is 33.5. The normalized spacial score (nSPS) is 15.6. The first-order valence-corrected chi connectivity index (χ1v) is 15.9. The fourth-order valence-corrected chi connectivity index (χ4v) is 5.22. The van der Waals surface area contributed by atoms with Gasteiger partial charge in [-0.15, -0.1) is 0 Å². The minimum atomic E-state index is -0.671. The molecule has 0 radical (unpaired) electrons. The van der Waals surface area contributed by atoms with Crippen molar-refractivity contribution in [2.75, 3.05) is 18.5 Å². The summed E-state index contributed by atoms with van der Waals surface area (Å²) in [4.78, 5) is 24.9. The van der Waals surface area contributed by atoms with Crippen LogP contribution in [0.2, 0.25) is 0 Å². The third kappa shape index (κ3) is 10.5. The Bertz CT molecular complexity index is 1500. The number of alkyl carbamates (subject to hydrolysis) is 1. The van der Waals surface area contributed by atoms with Gasteiger partial charge in [0.2, 0.25) is 0 Å². The van der Waals surface area contributed by atoms with E-state index in [-0.39, 0.29) is 25.1 Å². The van der Waals surface area contributed by atoms with Gasteiger partial charge in [0, 0.05) is 35.5 Å². The zero-order valence-corrected chi connectivity index (χ0v) is 28.0. The van der Waals surface area contributed by atoms with Gasteiger partial charge in [-0.3, -0.25) is 4.79 Å². The first-order valence-electron chi connectivity index (χ1n) is 15.9. The van der Waals surface area contributed by atoms with E-state index in [1.54, 1.807) is 45.9 Å². The highest BCUT2D eigenvalue weighted by atomic mass is 19.1. The van der Waals surface area contributed by atoms with Crippen molar-refractivity contribution in [3.8, 4) is 16.9 Å². The predicted molar refractivity (Wildman–Crippen MR) is 177 cm³/mol. The van der Waals surface area contributed by atoms with Crippen molar-refractivity contribution >= 4 is 17.7 Å². The van der Waals surface area contributed by atoms with Crippen LogP contribution in [0, 0.1) is 5.82 Å². The number of benzene rings is 3. The Hall–Kier alpha value is -4.11. The van der Waals surface area contributed by atoms with Gasteiger partial charge >= 0.3 is 12.1 Å². The highest BCUT2D eigenvalue weighted by Gasteiger charge is 2.22. The Kier molecular flexibility index (Phi) is 11.3. The first-order chi connectivity index (χ1) is 21.7. The van der Waals surface area contributed by atoms with Crippen molar-refractivity contribution in [3.05, 3.63) is 83.2 Å². The molecule has 0 saturated carbocycles. The molecule has 0 spiro atoms. The van der Waals surface area contributed by atoms with Crippen molar-refractivity contribution < 1.29 is 32.9 Å². The van der Waals surface area contributed by atoms with Gasteiger partial charge < -0.3 is 29.6 Å². The van der Waals surface area contributed by atoms with Gasteiger partial charge in [-0.05, 0) is 96.7 Å². The number of anilines is 1. The predicted octanol–water partition coefficient (Wildman–Crippen LogP) is 8.13. The minimum Gasteiger partial charge on any atom is -0.489 e. The number of rotatable bonds is 11. The molecule has 1 amide bonds. The second kappa shape index (κ2) is 15.0.